The lowest BCUT2D eigenvalue weighted by Crippen LogP contribution is -2.39. The number of pyridine rings is 1. The molecule has 0 radical (unpaired) electrons. The van der Waals surface area contributed by atoms with E-state index in [1.54, 1.807) is 6.07 Å². The minimum absolute atomic E-state index is 0. The number of carbonyl (C=O) groups is 1. The number of guanidine groups is 1. The number of carbonyl (C=O) groups excluding carboxylic acids is 1. The Morgan fingerprint density at radius 2 is 2.00 bits per heavy atom. The molecule has 1 aliphatic heterocycles. The normalized spacial score (nSPS) is 15.0. The summed E-state index contributed by atoms with van der Waals surface area (Å²) >= 11 is 0. The molecule has 0 aromatic carbocycles. The van der Waals surface area contributed by atoms with Crippen molar-refractivity contribution < 1.29 is 4.79 Å². The van der Waals surface area contributed by atoms with Crippen molar-refractivity contribution in [2.75, 3.05) is 44.6 Å². The SMILES string of the molecule is CCNC(=NCCN1CCCCC1)NCCC(=O)Nc1cccc(C)n1.I. The molecule has 8 heteroatoms. The fraction of sp³-hybridized carbons (Fsp3) is 0.632. The van der Waals surface area contributed by atoms with Gasteiger partial charge >= 0.3 is 0 Å². The van der Waals surface area contributed by atoms with Crippen LogP contribution < -0.4 is 16.0 Å². The van der Waals surface area contributed by atoms with Gasteiger partial charge in [0, 0.05) is 31.7 Å². The number of aromatic nitrogens is 1. The minimum Gasteiger partial charge on any atom is -0.357 e. The molecule has 0 atom stereocenters. The number of piperidine rings is 1. The fourth-order valence-electron chi connectivity index (χ4n) is 2.94. The van der Waals surface area contributed by atoms with Gasteiger partial charge in [0.05, 0.1) is 6.54 Å². The molecule has 0 saturated carbocycles. The summed E-state index contributed by atoms with van der Waals surface area (Å²) in [6.45, 7) is 9.42. The van der Waals surface area contributed by atoms with Gasteiger partial charge < -0.3 is 20.9 Å². The van der Waals surface area contributed by atoms with Gasteiger partial charge in [-0.3, -0.25) is 9.79 Å². The Morgan fingerprint density at radius 3 is 2.70 bits per heavy atom. The molecule has 0 unspecified atom stereocenters. The number of halogens is 1. The van der Waals surface area contributed by atoms with E-state index in [4.69, 9.17) is 0 Å². The monoisotopic (exact) mass is 488 g/mol. The summed E-state index contributed by atoms with van der Waals surface area (Å²) in [6.07, 6.45) is 4.32. The number of hydrogen-bond donors (Lipinski definition) is 3. The standard InChI is InChI=1S/C19H32N6O.HI/c1-3-20-19(22-12-15-25-13-5-4-6-14-25)21-11-10-18(26)24-17-9-7-8-16(2)23-17;/h7-9H,3-6,10-15H2,1-2H3,(H2,20,21,22)(H,23,24,26);1H. The summed E-state index contributed by atoms with van der Waals surface area (Å²) in [7, 11) is 0. The number of aryl methyl sites for hydroxylation is 1. The van der Waals surface area contributed by atoms with E-state index in [0.29, 0.717) is 18.8 Å². The van der Waals surface area contributed by atoms with Gasteiger partial charge in [-0.25, -0.2) is 4.98 Å². The van der Waals surface area contributed by atoms with E-state index in [-0.39, 0.29) is 29.9 Å². The van der Waals surface area contributed by atoms with Crippen LogP contribution in [0.25, 0.3) is 0 Å². The number of hydrogen-bond acceptors (Lipinski definition) is 4. The van der Waals surface area contributed by atoms with Gasteiger partial charge in [0.15, 0.2) is 5.96 Å². The second kappa shape index (κ2) is 13.7. The zero-order chi connectivity index (χ0) is 18.6. The molecule has 3 N–H and O–H groups in total. The van der Waals surface area contributed by atoms with Crippen molar-refractivity contribution in [3.63, 3.8) is 0 Å². The third-order valence-corrected chi connectivity index (χ3v) is 4.28. The molecule has 7 nitrogen and oxygen atoms in total. The maximum absolute atomic E-state index is 12.0. The van der Waals surface area contributed by atoms with Crippen molar-refractivity contribution in [1.82, 2.24) is 20.5 Å². The van der Waals surface area contributed by atoms with Gasteiger partial charge in [0.2, 0.25) is 5.91 Å². The van der Waals surface area contributed by atoms with Gasteiger partial charge in [-0.2, -0.15) is 0 Å². The highest BCUT2D eigenvalue weighted by Gasteiger charge is 2.09. The molecule has 2 rings (SSSR count). The second-order valence-corrected chi connectivity index (χ2v) is 6.55. The van der Waals surface area contributed by atoms with E-state index < -0.39 is 0 Å². The van der Waals surface area contributed by atoms with Crippen molar-refractivity contribution in [2.45, 2.75) is 39.5 Å². The van der Waals surface area contributed by atoms with Gasteiger partial charge in [-0.1, -0.05) is 12.5 Å². The maximum Gasteiger partial charge on any atom is 0.227 e. The quantitative estimate of drug-likeness (QED) is 0.298. The first-order valence-corrected chi connectivity index (χ1v) is 9.65. The largest absolute Gasteiger partial charge is 0.357 e. The van der Waals surface area contributed by atoms with Gasteiger partial charge in [0.25, 0.3) is 0 Å². The average molecular weight is 488 g/mol. The van der Waals surface area contributed by atoms with E-state index in [9.17, 15) is 4.79 Å². The highest BCUT2D eigenvalue weighted by Crippen LogP contribution is 2.07. The van der Waals surface area contributed by atoms with Crippen LogP contribution >= 0.6 is 24.0 Å². The number of aliphatic imine (C=N–C) groups is 1. The van der Waals surface area contributed by atoms with Crippen LogP contribution in [0.5, 0.6) is 0 Å². The topological polar surface area (TPSA) is 81.7 Å². The highest BCUT2D eigenvalue weighted by atomic mass is 127. The number of nitrogens with one attached hydrogen (secondary N) is 3. The fourth-order valence-corrected chi connectivity index (χ4v) is 2.94. The van der Waals surface area contributed by atoms with Crippen LogP contribution in [0.15, 0.2) is 23.2 Å². The lowest BCUT2D eigenvalue weighted by Gasteiger charge is -2.25. The summed E-state index contributed by atoms with van der Waals surface area (Å²) < 4.78 is 0. The molecule has 1 fully saturated rings. The van der Waals surface area contributed by atoms with E-state index in [1.807, 2.05) is 26.0 Å². The van der Waals surface area contributed by atoms with E-state index >= 15 is 0 Å². The Morgan fingerprint density at radius 1 is 1.22 bits per heavy atom. The lowest BCUT2D eigenvalue weighted by molar-refractivity contribution is -0.116. The number of amides is 1. The molecule has 1 aromatic rings. The van der Waals surface area contributed by atoms with Gasteiger partial charge in [-0.15, -0.1) is 24.0 Å². The van der Waals surface area contributed by atoms with Crippen LogP contribution in [0.3, 0.4) is 0 Å². The second-order valence-electron chi connectivity index (χ2n) is 6.55. The predicted molar refractivity (Wildman–Crippen MR) is 122 cm³/mol. The van der Waals surface area contributed by atoms with Crippen molar-refractivity contribution >= 4 is 41.7 Å². The summed E-state index contributed by atoms with van der Waals surface area (Å²) in [6, 6.07) is 5.58. The Kier molecular flexibility index (Phi) is 12.0. The molecule has 1 aliphatic rings. The molecule has 152 valence electrons. The van der Waals surface area contributed by atoms with E-state index in [1.165, 1.54) is 32.4 Å². The molecular weight excluding hydrogens is 455 g/mol. The van der Waals surface area contributed by atoms with Crippen LogP contribution in [0, 0.1) is 6.92 Å². The van der Waals surface area contributed by atoms with Crippen molar-refractivity contribution in [3.05, 3.63) is 23.9 Å². The van der Waals surface area contributed by atoms with Crippen LogP contribution in [-0.2, 0) is 4.79 Å². The number of likely N-dealkylation sites (tertiary alicyclic amines) is 1. The lowest BCUT2D eigenvalue weighted by atomic mass is 10.1. The first-order valence-electron chi connectivity index (χ1n) is 9.65. The van der Waals surface area contributed by atoms with Crippen LogP contribution in [-0.4, -0.2) is 61.0 Å². The third kappa shape index (κ3) is 9.90. The number of anilines is 1. The van der Waals surface area contributed by atoms with Crippen molar-refractivity contribution in [1.29, 1.82) is 0 Å². The molecule has 1 saturated heterocycles. The first kappa shape index (κ1) is 23.6. The molecular formula is C19H33IN6O. The molecule has 1 amide bonds. The zero-order valence-electron chi connectivity index (χ0n) is 16.5. The highest BCUT2D eigenvalue weighted by molar-refractivity contribution is 14.0. The maximum atomic E-state index is 12.0. The first-order chi connectivity index (χ1) is 12.7. The summed E-state index contributed by atoms with van der Waals surface area (Å²) in [5.74, 6) is 1.31. The van der Waals surface area contributed by atoms with Crippen molar-refractivity contribution in [2.24, 2.45) is 4.99 Å². The van der Waals surface area contributed by atoms with E-state index in [0.717, 1.165) is 31.3 Å². The molecule has 0 aliphatic carbocycles. The van der Waals surface area contributed by atoms with E-state index in [2.05, 4.69) is 30.8 Å². The number of rotatable bonds is 8. The summed E-state index contributed by atoms with van der Waals surface area (Å²) in [4.78, 5) is 23.4. The summed E-state index contributed by atoms with van der Waals surface area (Å²) in [5.41, 5.74) is 0.885. The van der Waals surface area contributed by atoms with Crippen LogP contribution in [0.2, 0.25) is 0 Å². The molecule has 27 heavy (non-hydrogen) atoms. The molecule has 0 bridgehead atoms. The molecule has 1 aromatic heterocycles. The number of nitrogens with zero attached hydrogens (tertiary/aromatic N) is 3. The summed E-state index contributed by atoms with van der Waals surface area (Å²) in [5, 5.41) is 9.27. The molecule has 0 spiro atoms. The average Bonchev–Trinajstić information content (AvgIpc) is 2.62. The Hall–Kier alpha value is -1.42. The molecule has 2 heterocycles. The Labute approximate surface area is 179 Å². The van der Waals surface area contributed by atoms with Gasteiger partial charge in [-0.05, 0) is 51.9 Å². The third-order valence-electron chi connectivity index (χ3n) is 4.28. The Balaban J connectivity index is 0.00000364. The smallest absolute Gasteiger partial charge is 0.227 e. The minimum atomic E-state index is -0.0558. The van der Waals surface area contributed by atoms with Gasteiger partial charge in [0.1, 0.15) is 5.82 Å². The predicted octanol–water partition coefficient (Wildman–Crippen LogP) is 2.38. The van der Waals surface area contributed by atoms with Crippen LogP contribution in [0.1, 0.15) is 38.3 Å². The van der Waals surface area contributed by atoms with Crippen molar-refractivity contribution in [3.8, 4) is 0 Å². The van der Waals surface area contributed by atoms with Crippen LogP contribution in [0.4, 0.5) is 5.82 Å². The zero-order valence-corrected chi connectivity index (χ0v) is 18.8. The Bertz CT molecular complexity index is 589.